The fraction of sp³-hybridized carbons (Fsp3) is 0.176. The second kappa shape index (κ2) is 10.1. The standard InChI is InChI=1S/C17H17BrFN3O3.ClH/c1-25-17(24)22-15-7-6-12(9-13(15)19)21-16(23)14(20)8-10-2-4-11(18)5-3-10;/h2-7,9,14H,8,20H2,1H3,(H,21,23)(H,22,24);1H/t14-;/m0./s1. The Bertz CT molecular complexity index is 774. The van der Waals surface area contributed by atoms with Gasteiger partial charge in [-0.1, -0.05) is 28.1 Å². The summed E-state index contributed by atoms with van der Waals surface area (Å²) in [6.45, 7) is 0. The molecule has 2 aromatic carbocycles. The van der Waals surface area contributed by atoms with Gasteiger partial charge in [-0.3, -0.25) is 10.1 Å². The molecule has 0 aliphatic carbocycles. The number of carbonyl (C=O) groups excluding carboxylic acids is 2. The van der Waals surface area contributed by atoms with E-state index in [9.17, 15) is 14.0 Å². The van der Waals surface area contributed by atoms with Crippen molar-refractivity contribution in [3.63, 3.8) is 0 Å². The number of carbonyl (C=O) groups is 2. The van der Waals surface area contributed by atoms with Gasteiger partial charge in [0, 0.05) is 10.2 Å². The fourth-order valence-electron chi connectivity index (χ4n) is 2.06. The molecule has 140 valence electrons. The molecule has 2 amide bonds. The first kappa shape index (κ1) is 21.9. The second-order valence-electron chi connectivity index (χ2n) is 5.24. The molecule has 0 radical (unpaired) electrons. The number of ether oxygens (including phenoxy) is 1. The summed E-state index contributed by atoms with van der Waals surface area (Å²) >= 11 is 3.34. The zero-order valence-corrected chi connectivity index (χ0v) is 16.2. The smallest absolute Gasteiger partial charge is 0.411 e. The number of rotatable bonds is 5. The van der Waals surface area contributed by atoms with Crippen LogP contribution in [0.3, 0.4) is 0 Å². The van der Waals surface area contributed by atoms with Gasteiger partial charge >= 0.3 is 6.09 Å². The van der Waals surface area contributed by atoms with Gasteiger partial charge < -0.3 is 15.8 Å². The Labute approximate surface area is 164 Å². The zero-order valence-electron chi connectivity index (χ0n) is 13.8. The van der Waals surface area contributed by atoms with Crippen LogP contribution >= 0.6 is 28.3 Å². The van der Waals surface area contributed by atoms with Crippen LogP contribution in [0.25, 0.3) is 0 Å². The maximum atomic E-state index is 13.9. The van der Waals surface area contributed by atoms with E-state index in [-0.39, 0.29) is 23.8 Å². The number of nitrogens with one attached hydrogen (secondary N) is 2. The summed E-state index contributed by atoms with van der Waals surface area (Å²) in [6.07, 6.45) is -0.434. The van der Waals surface area contributed by atoms with Crippen molar-refractivity contribution < 1.29 is 18.7 Å². The molecule has 26 heavy (non-hydrogen) atoms. The summed E-state index contributed by atoms with van der Waals surface area (Å²) < 4.78 is 19.3. The first-order valence-electron chi connectivity index (χ1n) is 7.34. The second-order valence-corrected chi connectivity index (χ2v) is 6.15. The van der Waals surface area contributed by atoms with Crippen molar-refractivity contribution in [2.45, 2.75) is 12.5 Å². The van der Waals surface area contributed by atoms with Crippen LogP contribution in [-0.4, -0.2) is 25.2 Å². The lowest BCUT2D eigenvalue weighted by molar-refractivity contribution is -0.117. The first-order chi connectivity index (χ1) is 11.9. The number of hydrogen-bond donors (Lipinski definition) is 3. The van der Waals surface area contributed by atoms with Crippen LogP contribution in [-0.2, 0) is 16.0 Å². The minimum absolute atomic E-state index is 0. The minimum atomic E-state index is -0.785. The Morgan fingerprint density at radius 1 is 1.19 bits per heavy atom. The lowest BCUT2D eigenvalue weighted by Crippen LogP contribution is -2.37. The van der Waals surface area contributed by atoms with Crippen molar-refractivity contribution >= 4 is 51.7 Å². The van der Waals surface area contributed by atoms with E-state index in [4.69, 9.17) is 5.73 Å². The summed E-state index contributed by atoms with van der Waals surface area (Å²) in [7, 11) is 1.18. The SMILES string of the molecule is COC(=O)Nc1ccc(NC(=O)[C@@H](N)Cc2ccc(Br)cc2)cc1F.Cl. The van der Waals surface area contributed by atoms with Gasteiger partial charge in [-0.2, -0.15) is 0 Å². The third kappa shape index (κ3) is 6.29. The van der Waals surface area contributed by atoms with Crippen molar-refractivity contribution in [3.05, 3.63) is 58.3 Å². The molecule has 9 heteroatoms. The van der Waals surface area contributed by atoms with Crippen LogP contribution in [0.15, 0.2) is 46.9 Å². The highest BCUT2D eigenvalue weighted by molar-refractivity contribution is 9.10. The van der Waals surface area contributed by atoms with Gasteiger partial charge in [-0.15, -0.1) is 12.4 Å². The molecule has 6 nitrogen and oxygen atoms in total. The first-order valence-corrected chi connectivity index (χ1v) is 8.13. The van der Waals surface area contributed by atoms with E-state index in [0.717, 1.165) is 16.1 Å². The van der Waals surface area contributed by atoms with E-state index in [1.54, 1.807) is 0 Å². The van der Waals surface area contributed by atoms with Gasteiger partial charge in [-0.25, -0.2) is 9.18 Å². The molecule has 4 N–H and O–H groups in total. The molecule has 0 bridgehead atoms. The Morgan fingerprint density at radius 3 is 2.42 bits per heavy atom. The molecule has 0 aliphatic heterocycles. The number of nitrogens with two attached hydrogens (primary N) is 1. The molecule has 0 fully saturated rings. The highest BCUT2D eigenvalue weighted by Crippen LogP contribution is 2.19. The molecule has 0 heterocycles. The number of anilines is 2. The average Bonchev–Trinajstić information content (AvgIpc) is 2.59. The van der Waals surface area contributed by atoms with Crippen molar-refractivity contribution in [1.29, 1.82) is 0 Å². The molecule has 0 unspecified atom stereocenters. The number of amides is 2. The van der Waals surface area contributed by atoms with E-state index in [1.165, 1.54) is 19.2 Å². The molecule has 0 spiro atoms. The van der Waals surface area contributed by atoms with Crippen molar-refractivity contribution in [3.8, 4) is 0 Å². The molecule has 0 aromatic heterocycles. The van der Waals surface area contributed by atoms with E-state index in [1.807, 2.05) is 24.3 Å². The molecule has 2 rings (SSSR count). The predicted octanol–water partition coefficient (Wildman–Crippen LogP) is 3.70. The monoisotopic (exact) mass is 445 g/mol. The predicted molar refractivity (Wildman–Crippen MR) is 104 cm³/mol. The number of hydrogen-bond acceptors (Lipinski definition) is 4. The Hall–Kier alpha value is -2.16. The summed E-state index contributed by atoms with van der Waals surface area (Å²) in [6, 6.07) is 10.5. The van der Waals surface area contributed by atoms with Crippen LogP contribution in [0.4, 0.5) is 20.6 Å². The summed E-state index contributed by atoms with van der Waals surface area (Å²) in [4.78, 5) is 23.2. The number of methoxy groups -OCH3 is 1. The summed E-state index contributed by atoms with van der Waals surface area (Å²) in [5.74, 6) is -1.14. The molecule has 0 saturated heterocycles. The lowest BCUT2D eigenvalue weighted by atomic mass is 10.1. The van der Waals surface area contributed by atoms with Gasteiger partial charge in [0.25, 0.3) is 0 Å². The van der Waals surface area contributed by atoms with Gasteiger partial charge in [-0.05, 0) is 42.3 Å². The number of benzene rings is 2. The van der Waals surface area contributed by atoms with Gasteiger partial charge in [0.15, 0.2) is 0 Å². The maximum absolute atomic E-state index is 13.9. The van der Waals surface area contributed by atoms with Gasteiger partial charge in [0.05, 0.1) is 18.8 Å². The molecule has 0 saturated carbocycles. The highest BCUT2D eigenvalue weighted by Gasteiger charge is 2.15. The van der Waals surface area contributed by atoms with Crippen molar-refractivity contribution in [1.82, 2.24) is 0 Å². The van der Waals surface area contributed by atoms with Crippen molar-refractivity contribution in [2.75, 3.05) is 17.7 Å². The van der Waals surface area contributed by atoms with E-state index in [0.29, 0.717) is 6.42 Å². The largest absolute Gasteiger partial charge is 0.453 e. The summed E-state index contributed by atoms with van der Waals surface area (Å²) in [5, 5.41) is 4.77. The van der Waals surface area contributed by atoms with Crippen LogP contribution in [0.5, 0.6) is 0 Å². The van der Waals surface area contributed by atoms with Gasteiger partial charge in [0.1, 0.15) is 5.82 Å². The quantitative estimate of drug-likeness (QED) is 0.653. The third-order valence-electron chi connectivity index (χ3n) is 3.36. The molecular formula is C17H18BrClFN3O3. The average molecular weight is 447 g/mol. The Kier molecular flexibility index (Phi) is 8.50. The fourth-order valence-corrected chi connectivity index (χ4v) is 2.32. The van der Waals surface area contributed by atoms with E-state index in [2.05, 4.69) is 31.3 Å². The zero-order chi connectivity index (χ0) is 18.4. The highest BCUT2D eigenvalue weighted by atomic mass is 79.9. The normalized spacial score (nSPS) is 11.1. The maximum Gasteiger partial charge on any atom is 0.411 e. The topological polar surface area (TPSA) is 93.5 Å². The van der Waals surface area contributed by atoms with Gasteiger partial charge in [0.2, 0.25) is 5.91 Å². The lowest BCUT2D eigenvalue weighted by Gasteiger charge is -2.13. The van der Waals surface area contributed by atoms with Crippen LogP contribution in [0, 0.1) is 5.82 Å². The molecule has 2 aromatic rings. The van der Waals surface area contributed by atoms with E-state index < -0.39 is 23.9 Å². The molecule has 0 aliphatic rings. The Balaban J connectivity index is 0.00000338. The third-order valence-corrected chi connectivity index (χ3v) is 3.89. The van der Waals surface area contributed by atoms with Crippen molar-refractivity contribution in [2.24, 2.45) is 5.73 Å². The number of halogens is 3. The van der Waals surface area contributed by atoms with Crippen LogP contribution in [0.2, 0.25) is 0 Å². The Morgan fingerprint density at radius 2 is 1.85 bits per heavy atom. The summed E-state index contributed by atoms with van der Waals surface area (Å²) in [5.41, 5.74) is 7.00. The van der Waals surface area contributed by atoms with Crippen LogP contribution < -0.4 is 16.4 Å². The molecule has 1 atom stereocenters. The molecular weight excluding hydrogens is 429 g/mol. The van der Waals surface area contributed by atoms with Crippen LogP contribution in [0.1, 0.15) is 5.56 Å². The van der Waals surface area contributed by atoms with E-state index >= 15 is 0 Å². The minimum Gasteiger partial charge on any atom is -0.453 e.